The summed E-state index contributed by atoms with van der Waals surface area (Å²) >= 11 is 1.71. The number of aryl methyl sites for hydroxylation is 2. The molecular weight excluding hydrogens is 228 g/mol. The van der Waals surface area contributed by atoms with Crippen LogP contribution in [0.3, 0.4) is 0 Å². The van der Waals surface area contributed by atoms with Gasteiger partial charge in [-0.1, -0.05) is 12.1 Å². The Hall–Kier alpha value is -1.74. The zero-order chi connectivity index (χ0) is 11.8. The van der Waals surface area contributed by atoms with E-state index in [9.17, 15) is 0 Å². The monoisotopic (exact) mass is 240 g/mol. The molecule has 0 unspecified atom stereocenters. The number of nitrogens with zero attached hydrogens (tertiary/aromatic N) is 2. The molecule has 0 amide bonds. The molecule has 3 rings (SSSR count). The summed E-state index contributed by atoms with van der Waals surface area (Å²) < 4.78 is 1.24. The largest absolute Gasteiger partial charge is 0.254 e. The summed E-state index contributed by atoms with van der Waals surface area (Å²) in [6.07, 6.45) is 1.81. The molecule has 0 saturated heterocycles. The van der Waals surface area contributed by atoms with E-state index in [1.165, 1.54) is 15.8 Å². The lowest BCUT2D eigenvalue weighted by atomic mass is 10.1. The minimum absolute atomic E-state index is 0.950. The highest BCUT2D eigenvalue weighted by molar-refractivity contribution is 7.21. The Morgan fingerprint density at radius 3 is 2.76 bits per heavy atom. The summed E-state index contributed by atoms with van der Waals surface area (Å²) in [5, 5.41) is 0.995. The maximum atomic E-state index is 4.68. The average Bonchev–Trinajstić information content (AvgIpc) is 2.74. The first kappa shape index (κ1) is 10.4. The second-order valence-electron chi connectivity index (χ2n) is 4.16. The smallest absolute Gasteiger partial charge is 0.143 e. The van der Waals surface area contributed by atoms with Crippen LogP contribution in [0.4, 0.5) is 0 Å². The van der Waals surface area contributed by atoms with Gasteiger partial charge in [0.25, 0.3) is 0 Å². The number of fused-ring (bicyclic) bond motifs is 1. The Kier molecular flexibility index (Phi) is 2.41. The van der Waals surface area contributed by atoms with Gasteiger partial charge in [-0.05, 0) is 43.2 Å². The fraction of sp³-hybridized carbons (Fsp3) is 0.143. The summed E-state index contributed by atoms with van der Waals surface area (Å²) in [6.45, 7) is 4.23. The van der Waals surface area contributed by atoms with Crippen molar-refractivity contribution in [1.82, 2.24) is 9.97 Å². The second kappa shape index (κ2) is 3.93. The molecule has 0 spiro atoms. The van der Waals surface area contributed by atoms with Crippen LogP contribution in [0, 0.1) is 13.8 Å². The number of hydrogen-bond donors (Lipinski definition) is 0. The van der Waals surface area contributed by atoms with Crippen molar-refractivity contribution in [3.8, 4) is 10.7 Å². The topological polar surface area (TPSA) is 25.8 Å². The van der Waals surface area contributed by atoms with E-state index in [0.717, 1.165) is 16.2 Å². The first-order valence-corrected chi connectivity index (χ1v) is 6.35. The quantitative estimate of drug-likeness (QED) is 0.643. The van der Waals surface area contributed by atoms with E-state index >= 15 is 0 Å². The highest BCUT2D eigenvalue weighted by Gasteiger charge is 2.09. The number of rotatable bonds is 1. The fourth-order valence-corrected chi connectivity index (χ4v) is 3.09. The number of benzene rings is 1. The third-order valence-electron chi connectivity index (χ3n) is 2.71. The van der Waals surface area contributed by atoms with Crippen molar-refractivity contribution in [2.45, 2.75) is 13.8 Å². The first-order chi connectivity index (χ1) is 8.24. The average molecular weight is 240 g/mol. The van der Waals surface area contributed by atoms with Gasteiger partial charge in [0.05, 0.1) is 15.9 Å². The standard InChI is InChI=1S/C14H12N2S/c1-9-7-10(2)13-12(8-9)17-14(16-13)11-5-3-4-6-15-11/h3-8H,1-2H3. The van der Waals surface area contributed by atoms with Gasteiger partial charge in [-0.2, -0.15) is 0 Å². The van der Waals surface area contributed by atoms with Gasteiger partial charge < -0.3 is 0 Å². The van der Waals surface area contributed by atoms with Crippen molar-refractivity contribution in [1.29, 1.82) is 0 Å². The minimum atomic E-state index is 0.950. The lowest BCUT2D eigenvalue weighted by Gasteiger charge is -1.95. The number of pyridine rings is 1. The molecular formula is C14H12N2S. The summed E-state index contributed by atoms with van der Waals surface area (Å²) in [4.78, 5) is 9.02. The van der Waals surface area contributed by atoms with E-state index < -0.39 is 0 Å². The van der Waals surface area contributed by atoms with E-state index in [0.29, 0.717) is 0 Å². The molecule has 0 aliphatic rings. The normalized spacial score (nSPS) is 10.9. The Morgan fingerprint density at radius 1 is 1.12 bits per heavy atom. The molecule has 17 heavy (non-hydrogen) atoms. The van der Waals surface area contributed by atoms with Crippen molar-refractivity contribution in [2.75, 3.05) is 0 Å². The first-order valence-electron chi connectivity index (χ1n) is 5.53. The van der Waals surface area contributed by atoms with Crippen LogP contribution >= 0.6 is 11.3 Å². The Labute approximate surface area is 104 Å². The minimum Gasteiger partial charge on any atom is -0.254 e. The number of thiazole rings is 1. The maximum Gasteiger partial charge on any atom is 0.143 e. The van der Waals surface area contributed by atoms with Gasteiger partial charge in [0.2, 0.25) is 0 Å². The Morgan fingerprint density at radius 2 is 2.00 bits per heavy atom. The van der Waals surface area contributed by atoms with E-state index in [2.05, 4.69) is 35.9 Å². The van der Waals surface area contributed by atoms with Crippen LogP contribution in [0.5, 0.6) is 0 Å². The molecule has 2 aromatic heterocycles. The van der Waals surface area contributed by atoms with Gasteiger partial charge in [0.15, 0.2) is 0 Å². The highest BCUT2D eigenvalue weighted by atomic mass is 32.1. The Bertz CT molecular complexity index is 671. The number of aromatic nitrogens is 2. The summed E-state index contributed by atoms with van der Waals surface area (Å²) in [5.74, 6) is 0. The zero-order valence-electron chi connectivity index (χ0n) is 9.77. The predicted octanol–water partition coefficient (Wildman–Crippen LogP) is 3.98. The molecule has 0 fully saturated rings. The lowest BCUT2D eigenvalue weighted by Crippen LogP contribution is -1.81. The Balaban J connectivity index is 2.24. The third kappa shape index (κ3) is 1.83. The fourth-order valence-electron chi connectivity index (χ4n) is 1.97. The van der Waals surface area contributed by atoms with Gasteiger partial charge in [-0.25, -0.2) is 4.98 Å². The molecule has 0 atom stereocenters. The summed E-state index contributed by atoms with van der Waals surface area (Å²) in [5.41, 5.74) is 4.57. The highest BCUT2D eigenvalue weighted by Crippen LogP contribution is 2.31. The zero-order valence-corrected chi connectivity index (χ0v) is 10.6. The molecule has 0 bridgehead atoms. The van der Waals surface area contributed by atoms with Crippen molar-refractivity contribution < 1.29 is 0 Å². The van der Waals surface area contributed by atoms with Crippen LogP contribution in [-0.2, 0) is 0 Å². The molecule has 0 aliphatic carbocycles. The van der Waals surface area contributed by atoms with Gasteiger partial charge >= 0.3 is 0 Å². The van der Waals surface area contributed by atoms with Crippen LogP contribution in [0.15, 0.2) is 36.5 Å². The molecule has 0 saturated carbocycles. The van der Waals surface area contributed by atoms with E-state index in [4.69, 9.17) is 0 Å². The molecule has 0 radical (unpaired) electrons. The summed E-state index contributed by atoms with van der Waals surface area (Å²) in [7, 11) is 0. The van der Waals surface area contributed by atoms with Crippen molar-refractivity contribution in [3.05, 3.63) is 47.7 Å². The van der Waals surface area contributed by atoms with E-state index in [1.54, 1.807) is 17.5 Å². The molecule has 3 heteroatoms. The lowest BCUT2D eigenvalue weighted by molar-refractivity contribution is 1.30. The van der Waals surface area contributed by atoms with E-state index in [1.807, 2.05) is 18.2 Å². The molecule has 2 nitrogen and oxygen atoms in total. The van der Waals surface area contributed by atoms with Crippen molar-refractivity contribution >= 4 is 21.6 Å². The van der Waals surface area contributed by atoms with Gasteiger partial charge in [-0.3, -0.25) is 4.98 Å². The maximum absolute atomic E-state index is 4.68. The van der Waals surface area contributed by atoms with Crippen LogP contribution < -0.4 is 0 Å². The van der Waals surface area contributed by atoms with Crippen molar-refractivity contribution in [2.24, 2.45) is 0 Å². The molecule has 1 aromatic carbocycles. The van der Waals surface area contributed by atoms with Gasteiger partial charge in [0.1, 0.15) is 5.01 Å². The molecule has 0 N–H and O–H groups in total. The molecule has 0 aliphatic heterocycles. The van der Waals surface area contributed by atoms with Crippen molar-refractivity contribution in [3.63, 3.8) is 0 Å². The molecule has 3 aromatic rings. The summed E-state index contributed by atoms with van der Waals surface area (Å²) in [6, 6.07) is 10.3. The SMILES string of the molecule is Cc1cc(C)c2nc(-c3ccccn3)sc2c1. The van der Waals surface area contributed by atoms with Gasteiger partial charge in [-0.15, -0.1) is 11.3 Å². The molecule has 84 valence electrons. The van der Waals surface area contributed by atoms with E-state index in [-0.39, 0.29) is 0 Å². The predicted molar refractivity (Wildman–Crippen MR) is 72.3 cm³/mol. The molecule has 2 heterocycles. The van der Waals surface area contributed by atoms with Crippen LogP contribution in [0.2, 0.25) is 0 Å². The third-order valence-corrected chi connectivity index (χ3v) is 3.74. The number of hydrogen-bond acceptors (Lipinski definition) is 3. The van der Waals surface area contributed by atoms with Crippen LogP contribution in [0.25, 0.3) is 20.9 Å². The second-order valence-corrected chi connectivity index (χ2v) is 5.19. The van der Waals surface area contributed by atoms with Crippen LogP contribution in [0.1, 0.15) is 11.1 Å². The van der Waals surface area contributed by atoms with Crippen LogP contribution in [-0.4, -0.2) is 9.97 Å². The van der Waals surface area contributed by atoms with Gasteiger partial charge in [0, 0.05) is 6.20 Å².